The molecule has 0 N–H and O–H groups in total. The molecule has 26 heavy (non-hydrogen) atoms. The zero-order valence-electron chi connectivity index (χ0n) is 16.4. The van der Waals surface area contributed by atoms with Crippen molar-refractivity contribution in [3.8, 4) is 0 Å². The fourth-order valence-electron chi connectivity index (χ4n) is 3.38. The zero-order valence-corrected chi connectivity index (χ0v) is 16.4. The van der Waals surface area contributed by atoms with E-state index in [2.05, 4.69) is 17.0 Å². The quantitative estimate of drug-likeness (QED) is 0.766. The standard InChI is InChI=1S/C19H29BF2N2O2/c1-17(2)18(3,4)26-20(25-17)15-6-8-16(9-7-15)24-12-10-23(11-13-24)14-19(5,21)22/h6-9H,10-14H2,1-5H3. The minimum atomic E-state index is -2.63. The molecular formula is C19H29BF2N2O2. The SMILES string of the molecule is CC(F)(F)CN1CCN(c2ccc(B3OC(C)(C)C(C)(C)O3)cc2)CC1. The lowest BCUT2D eigenvalue weighted by atomic mass is 9.79. The van der Waals surface area contributed by atoms with E-state index in [1.54, 1.807) is 0 Å². The first-order valence-electron chi connectivity index (χ1n) is 9.28. The number of hydrogen-bond acceptors (Lipinski definition) is 4. The van der Waals surface area contributed by atoms with Gasteiger partial charge in [0, 0.05) is 38.8 Å². The Kier molecular flexibility index (Phi) is 5.10. The van der Waals surface area contributed by atoms with Gasteiger partial charge in [-0.15, -0.1) is 0 Å². The molecule has 0 amide bonds. The number of alkyl halides is 2. The van der Waals surface area contributed by atoms with E-state index >= 15 is 0 Å². The molecule has 1 aromatic rings. The van der Waals surface area contributed by atoms with Crippen molar-refractivity contribution in [1.82, 2.24) is 4.90 Å². The summed E-state index contributed by atoms with van der Waals surface area (Å²) in [6.45, 7) is 11.8. The Morgan fingerprint density at radius 3 is 1.92 bits per heavy atom. The first-order valence-corrected chi connectivity index (χ1v) is 9.28. The Morgan fingerprint density at radius 2 is 1.46 bits per heavy atom. The van der Waals surface area contributed by atoms with Crippen LogP contribution in [0, 0.1) is 0 Å². The molecule has 7 heteroatoms. The van der Waals surface area contributed by atoms with E-state index in [0.717, 1.165) is 31.2 Å². The molecule has 3 rings (SSSR count). The highest BCUT2D eigenvalue weighted by atomic mass is 19.3. The van der Waals surface area contributed by atoms with Crippen molar-refractivity contribution >= 4 is 18.3 Å². The number of benzene rings is 1. The van der Waals surface area contributed by atoms with Gasteiger partial charge in [0.2, 0.25) is 0 Å². The maximum absolute atomic E-state index is 13.1. The van der Waals surface area contributed by atoms with Crippen LogP contribution in [-0.4, -0.2) is 61.9 Å². The second-order valence-corrected chi connectivity index (χ2v) is 8.51. The summed E-state index contributed by atoms with van der Waals surface area (Å²) in [6, 6.07) is 8.18. The molecule has 0 aliphatic carbocycles. The van der Waals surface area contributed by atoms with E-state index in [-0.39, 0.29) is 24.9 Å². The average Bonchev–Trinajstić information content (AvgIpc) is 2.75. The minimum absolute atomic E-state index is 0.165. The molecule has 0 saturated carbocycles. The van der Waals surface area contributed by atoms with Crippen molar-refractivity contribution in [3.63, 3.8) is 0 Å². The van der Waals surface area contributed by atoms with Crippen LogP contribution in [0.25, 0.3) is 0 Å². The van der Waals surface area contributed by atoms with Crippen molar-refractivity contribution in [2.45, 2.75) is 51.7 Å². The summed E-state index contributed by atoms with van der Waals surface area (Å²) < 4.78 is 38.5. The lowest BCUT2D eigenvalue weighted by Crippen LogP contribution is -2.49. The van der Waals surface area contributed by atoms with Crippen molar-refractivity contribution in [2.75, 3.05) is 37.6 Å². The second kappa shape index (κ2) is 6.77. The monoisotopic (exact) mass is 366 g/mol. The number of piperazine rings is 1. The summed E-state index contributed by atoms with van der Waals surface area (Å²) in [6.07, 6.45) is 0. The van der Waals surface area contributed by atoms with Crippen molar-refractivity contribution in [1.29, 1.82) is 0 Å². The smallest absolute Gasteiger partial charge is 0.399 e. The first-order chi connectivity index (χ1) is 12.0. The lowest BCUT2D eigenvalue weighted by Gasteiger charge is -2.37. The molecule has 2 heterocycles. The van der Waals surface area contributed by atoms with Gasteiger partial charge < -0.3 is 14.2 Å². The summed E-state index contributed by atoms with van der Waals surface area (Å²) in [4.78, 5) is 4.06. The van der Waals surface area contributed by atoms with Crippen LogP contribution in [0.15, 0.2) is 24.3 Å². The molecule has 0 spiro atoms. The van der Waals surface area contributed by atoms with Crippen LogP contribution in [0.5, 0.6) is 0 Å². The van der Waals surface area contributed by atoms with Crippen LogP contribution in [0.3, 0.4) is 0 Å². The summed E-state index contributed by atoms with van der Waals surface area (Å²) in [5, 5.41) is 0. The Morgan fingerprint density at radius 1 is 0.962 bits per heavy atom. The second-order valence-electron chi connectivity index (χ2n) is 8.51. The fraction of sp³-hybridized carbons (Fsp3) is 0.684. The van der Waals surface area contributed by atoms with Crippen LogP contribution >= 0.6 is 0 Å². The Labute approximate surface area is 155 Å². The maximum atomic E-state index is 13.1. The molecule has 2 fully saturated rings. The number of halogens is 2. The summed E-state index contributed by atoms with van der Waals surface area (Å²) in [7, 11) is -0.363. The van der Waals surface area contributed by atoms with Gasteiger partial charge in [0.1, 0.15) is 0 Å². The van der Waals surface area contributed by atoms with Crippen LogP contribution in [0.2, 0.25) is 0 Å². The minimum Gasteiger partial charge on any atom is -0.399 e. The molecule has 4 nitrogen and oxygen atoms in total. The largest absolute Gasteiger partial charge is 0.494 e. The van der Waals surface area contributed by atoms with Crippen molar-refractivity contribution in [3.05, 3.63) is 24.3 Å². The molecule has 2 saturated heterocycles. The third kappa shape index (κ3) is 4.21. The van der Waals surface area contributed by atoms with Crippen molar-refractivity contribution < 1.29 is 18.1 Å². The summed E-state index contributed by atoms with van der Waals surface area (Å²) >= 11 is 0. The molecule has 0 radical (unpaired) electrons. The predicted molar refractivity (Wildman–Crippen MR) is 101 cm³/mol. The number of nitrogens with zero attached hydrogens (tertiary/aromatic N) is 2. The van der Waals surface area contributed by atoms with E-state index in [4.69, 9.17) is 9.31 Å². The molecule has 2 aliphatic rings. The molecule has 0 atom stereocenters. The summed E-state index contributed by atoms with van der Waals surface area (Å²) in [5.74, 6) is -2.63. The highest BCUT2D eigenvalue weighted by Crippen LogP contribution is 2.36. The van der Waals surface area contributed by atoms with Crippen LogP contribution in [0.1, 0.15) is 34.6 Å². The molecule has 2 aliphatic heterocycles. The number of rotatable bonds is 4. The van der Waals surface area contributed by atoms with Gasteiger partial charge >= 0.3 is 7.12 Å². The highest BCUT2D eigenvalue weighted by Gasteiger charge is 2.51. The highest BCUT2D eigenvalue weighted by molar-refractivity contribution is 6.62. The fourth-order valence-corrected chi connectivity index (χ4v) is 3.38. The third-order valence-corrected chi connectivity index (χ3v) is 5.66. The van der Waals surface area contributed by atoms with Gasteiger partial charge in [0.05, 0.1) is 17.7 Å². The van der Waals surface area contributed by atoms with Crippen LogP contribution in [0.4, 0.5) is 14.5 Å². The van der Waals surface area contributed by atoms with Gasteiger partial charge in [0.25, 0.3) is 5.92 Å². The molecule has 0 unspecified atom stereocenters. The molecule has 1 aromatic carbocycles. The Bertz CT molecular complexity index is 607. The van der Waals surface area contributed by atoms with E-state index in [1.165, 1.54) is 0 Å². The van der Waals surface area contributed by atoms with Gasteiger partial charge in [-0.25, -0.2) is 8.78 Å². The molecular weight excluding hydrogens is 337 g/mol. The summed E-state index contributed by atoms with van der Waals surface area (Å²) in [5.41, 5.74) is 1.40. The van der Waals surface area contributed by atoms with Crippen LogP contribution in [-0.2, 0) is 9.31 Å². The van der Waals surface area contributed by atoms with Gasteiger partial charge in [-0.1, -0.05) is 12.1 Å². The van der Waals surface area contributed by atoms with E-state index in [0.29, 0.717) is 13.1 Å². The van der Waals surface area contributed by atoms with E-state index < -0.39 is 5.92 Å². The van der Waals surface area contributed by atoms with Gasteiger partial charge in [-0.2, -0.15) is 0 Å². The lowest BCUT2D eigenvalue weighted by molar-refractivity contribution is -0.0155. The number of anilines is 1. The Hall–Kier alpha value is -1.18. The molecule has 0 aromatic heterocycles. The van der Waals surface area contributed by atoms with Gasteiger partial charge in [0.15, 0.2) is 0 Å². The predicted octanol–water partition coefficient (Wildman–Crippen LogP) is 2.76. The normalized spacial score (nSPS) is 23.5. The van der Waals surface area contributed by atoms with E-state index in [9.17, 15) is 8.78 Å². The zero-order chi connectivity index (χ0) is 19.2. The van der Waals surface area contributed by atoms with Gasteiger partial charge in [-0.3, -0.25) is 4.90 Å². The van der Waals surface area contributed by atoms with Crippen LogP contribution < -0.4 is 10.4 Å². The maximum Gasteiger partial charge on any atom is 0.494 e. The van der Waals surface area contributed by atoms with Gasteiger partial charge in [-0.05, 0) is 45.3 Å². The van der Waals surface area contributed by atoms with Crippen molar-refractivity contribution in [2.24, 2.45) is 0 Å². The first kappa shape index (κ1) is 19.6. The molecule has 144 valence electrons. The number of hydrogen-bond donors (Lipinski definition) is 0. The average molecular weight is 366 g/mol. The topological polar surface area (TPSA) is 24.9 Å². The third-order valence-electron chi connectivity index (χ3n) is 5.66. The molecule has 0 bridgehead atoms. The Balaban J connectivity index is 1.59. The van der Waals surface area contributed by atoms with E-state index in [1.807, 2.05) is 44.7 Å².